The summed E-state index contributed by atoms with van der Waals surface area (Å²) in [6.45, 7) is 4.54. The smallest absolute Gasteiger partial charge is 0.132 e. The molecule has 0 saturated heterocycles. The number of hydrogen-bond acceptors (Lipinski definition) is 1. The molecule has 210 valence electrons. The zero-order valence-corrected chi connectivity index (χ0v) is 24.8. The van der Waals surface area contributed by atoms with Gasteiger partial charge in [0.2, 0.25) is 0 Å². The highest BCUT2D eigenvalue weighted by Gasteiger charge is 2.02. The van der Waals surface area contributed by atoms with Crippen molar-refractivity contribution in [2.24, 2.45) is 0 Å². The average molecular weight is 501 g/mol. The molecule has 0 bridgehead atoms. The Morgan fingerprint density at radius 3 is 1.14 bits per heavy atom. The number of allylic oxidation sites excluding steroid dienone is 6. The normalized spacial score (nSPS) is 12.1. The molecule has 36 heavy (non-hydrogen) atoms. The first-order valence-corrected chi connectivity index (χ1v) is 16.3. The molecule has 0 N–H and O–H groups in total. The maximum atomic E-state index is 12.1. The van der Waals surface area contributed by atoms with E-state index in [2.05, 4.69) is 50.3 Å². The Bertz CT molecular complexity index is 513. The lowest BCUT2D eigenvalue weighted by molar-refractivity contribution is -0.119. The van der Waals surface area contributed by atoms with Crippen molar-refractivity contribution in [3.63, 3.8) is 0 Å². The molecule has 0 aromatic carbocycles. The van der Waals surface area contributed by atoms with Crippen LogP contribution < -0.4 is 0 Å². The van der Waals surface area contributed by atoms with Gasteiger partial charge in [-0.25, -0.2) is 0 Å². The fraction of sp³-hybridized carbons (Fsp3) is 0.800. The van der Waals surface area contributed by atoms with Gasteiger partial charge in [0, 0.05) is 12.8 Å². The average Bonchev–Trinajstić information content (AvgIpc) is 2.88. The van der Waals surface area contributed by atoms with E-state index in [0.717, 1.165) is 32.1 Å². The Hall–Kier alpha value is -1.11. The molecule has 0 atom stereocenters. The molecule has 1 nitrogen and oxygen atoms in total. The lowest BCUT2D eigenvalue weighted by atomic mass is 10.0. The van der Waals surface area contributed by atoms with Crippen molar-refractivity contribution >= 4 is 5.78 Å². The van der Waals surface area contributed by atoms with Gasteiger partial charge in [-0.3, -0.25) is 4.79 Å². The molecule has 0 aliphatic heterocycles. The number of carbonyl (C=O) groups is 1. The van der Waals surface area contributed by atoms with E-state index in [9.17, 15) is 4.79 Å². The molecule has 1 heteroatoms. The second-order valence-electron chi connectivity index (χ2n) is 10.9. The number of rotatable bonds is 29. The predicted molar refractivity (Wildman–Crippen MR) is 164 cm³/mol. The summed E-state index contributed by atoms with van der Waals surface area (Å²) in [6.07, 6.45) is 46.5. The molecule has 0 fully saturated rings. The van der Waals surface area contributed by atoms with Crippen LogP contribution in [0, 0.1) is 0 Å². The summed E-state index contributed by atoms with van der Waals surface area (Å²) in [6, 6.07) is 0. The van der Waals surface area contributed by atoms with Gasteiger partial charge < -0.3 is 0 Å². The topological polar surface area (TPSA) is 17.1 Å². The molecular formula is C35H64O. The molecule has 0 radical (unpaired) electrons. The predicted octanol–water partition coefficient (Wildman–Crippen LogP) is 12.4. The van der Waals surface area contributed by atoms with E-state index in [1.807, 2.05) is 0 Å². The Balaban J connectivity index is 3.28. The Kier molecular flexibility index (Phi) is 30.9. The van der Waals surface area contributed by atoms with Gasteiger partial charge in [0.15, 0.2) is 0 Å². The van der Waals surface area contributed by atoms with Crippen LogP contribution in [0.15, 0.2) is 36.5 Å². The molecule has 0 aliphatic carbocycles. The number of hydrogen-bond donors (Lipinski definition) is 0. The number of ketones is 1. The van der Waals surface area contributed by atoms with Crippen LogP contribution in [0.5, 0.6) is 0 Å². The summed E-state index contributed by atoms with van der Waals surface area (Å²) in [5.41, 5.74) is 0. The van der Waals surface area contributed by atoms with E-state index < -0.39 is 0 Å². The molecular weight excluding hydrogens is 436 g/mol. The molecule has 0 rings (SSSR count). The van der Waals surface area contributed by atoms with Crippen molar-refractivity contribution in [3.05, 3.63) is 36.5 Å². The van der Waals surface area contributed by atoms with Crippen LogP contribution >= 0.6 is 0 Å². The van der Waals surface area contributed by atoms with E-state index in [0.29, 0.717) is 5.78 Å². The maximum absolute atomic E-state index is 12.1. The van der Waals surface area contributed by atoms with Crippen LogP contribution in [0.25, 0.3) is 0 Å². The minimum Gasteiger partial charge on any atom is -0.300 e. The van der Waals surface area contributed by atoms with Gasteiger partial charge in [0.1, 0.15) is 5.78 Å². The lowest BCUT2D eigenvalue weighted by Gasteiger charge is -2.02. The molecule has 0 spiro atoms. The third-order valence-electron chi connectivity index (χ3n) is 7.12. The van der Waals surface area contributed by atoms with Gasteiger partial charge in [-0.15, -0.1) is 0 Å². The summed E-state index contributed by atoms with van der Waals surface area (Å²) >= 11 is 0. The number of Topliss-reactive ketones (excluding diaryl/α,β-unsaturated/α-hetero) is 1. The molecule has 0 aliphatic rings. The van der Waals surface area contributed by atoms with Crippen molar-refractivity contribution in [3.8, 4) is 0 Å². The Morgan fingerprint density at radius 1 is 0.389 bits per heavy atom. The second-order valence-corrected chi connectivity index (χ2v) is 10.9. The largest absolute Gasteiger partial charge is 0.300 e. The fourth-order valence-electron chi connectivity index (χ4n) is 4.65. The summed E-state index contributed by atoms with van der Waals surface area (Å²) < 4.78 is 0. The molecule has 0 saturated carbocycles. The van der Waals surface area contributed by atoms with Crippen LogP contribution in [0.1, 0.15) is 181 Å². The third kappa shape index (κ3) is 30.9. The van der Waals surface area contributed by atoms with Crippen LogP contribution in [0.2, 0.25) is 0 Å². The molecule has 0 amide bonds. The van der Waals surface area contributed by atoms with Gasteiger partial charge in [0.25, 0.3) is 0 Å². The monoisotopic (exact) mass is 500 g/mol. The number of carbonyl (C=O) groups excluding carboxylic acids is 1. The first-order valence-electron chi connectivity index (χ1n) is 16.3. The fourth-order valence-corrected chi connectivity index (χ4v) is 4.65. The van der Waals surface area contributed by atoms with Crippen molar-refractivity contribution in [2.45, 2.75) is 181 Å². The minimum absolute atomic E-state index is 0.498. The highest BCUT2D eigenvalue weighted by molar-refractivity contribution is 5.78. The van der Waals surface area contributed by atoms with Crippen molar-refractivity contribution in [1.82, 2.24) is 0 Å². The van der Waals surface area contributed by atoms with Crippen LogP contribution in [-0.4, -0.2) is 5.78 Å². The number of unbranched alkanes of at least 4 members (excludes halogenated alkanes) is 19. The Labute approximate surface area is 227 Å². The summed E-state index contributed by atoms with van der Waals surface area (Å²) in [5, 5.41) is 0. The van der Waals surface area contributed by atoms with Crippen LogP contribution in [0.3, 0.4) is 0 Å². The quantitative estimate of drug-likeness (QED) is 0.0737. The maximum Gasteiger partial charge on any atom is 0.132 e. The van der Waals surface area contributed by atoms with Gasteiger partial charge >= 0.3 is 0 Å². The second kappa shape index (κ2) is 31.9. The first kappa shape index (κ1) is 34.9. The first-order chi connectivity index (χ1) is 17.8. The zero-order chi connectivity index (χ0) is 26.2. The van der Waals surface area contributed by atoms with Crippen molar-refractivity contribution in [1.29, 1.82) is 0 Å². The summed E-state index contributed by atoms with van der Waals surface area (Å²) in [4.78, 5) is 12.1. The highest BCUT2D eigenvalue weighted by atomic mass is 16.1. The standard InChI is InChI=1S/C35H64O/c1-3-5-7-9-11-13-15-17-19-21-23-25-27-29-31-33-35(36)34-32-30-28-26-24-22-20-18-16-14-12-10-8-6-4-2/h11,13,17-20H,3-10,12,14-16,21-34H2,1-2H3/b13-11-,19-17-,20-18-. The third-order valence-corrected chi connectivity index (χ3v) is 7.12. The van der Waals surface area contributed by atoms with E-state index in [1.165, 1.54) is 135 Å². The Morgan fingerprint density at radius 2 is 0.694 bits per heavy atom. The van der Waals surface area contributed by atoms with E-state index in [4.69, 9.17) is 0 Å². The van der Waals surface area contributed by atoms with Gasteiger partial charge in [-0.2, -0.15) is 0 Å². The highest BCUT2D eigenvalue weighted by Crippen LogP contribution is 2.13. The molecule has 0 unspecified atom stereocenters. The van der Waals surface area contributed by atoms with Crippen LogP contribution in [0.4, 0.5) is 0 Å². The van der Waals surface area contributed by atoms with Crippen LogP contribution in [-0.2, 0) is 4.79 Å². The summed E-state index contributed by atoms with van der Waals surface area (Å²) in [5.74, 6) is 0.498. The molecule has 0 aromatic rings. The van der Waals surface area contributed by atoms with E-state index >= 15 is 0 Å². The van der Waals surface area contributed by atoms with E-state index in [-0.39, 0.29) is 0 Å². The van der Waals surface area contributed by atoms with Crippen molar-refractivity contribution in [2.75, 3.05) is 0 Å². The summed E-state index contributed by atoms with van der Waals surface area (Å²) in [7, 11) is 0. The van der Waals surface area contributed by atoms with E-state index in [1.54, 1.807) is 0 Å². The molecule has 0 heterocycles. The lowest BCUT2D eigenvalue weighted by Crippen LogP contribution is -1.97. The zero-order valence-electron chi connectivity index (χ0n) is 24.8. The molecule has 0 aromatic heterocycles. The van der Waals surface area contributed by atoms with Gasteiger partial charge in [-0.05, 0) is 70.6 Å². The minimum atomic E-state index is 0.498. The van der Waals surface area contributed by atoms with Gasteiger partial charge in [0.05, 0.1) is 0 Å². The SMILES string of the molecule is CCCCC/C=C\C/C=C\CCCCCCCC(=O)CCCCCCC/C=C\CCCCCCCC. The van der Waals surface area contributed by atoms with Gasteiger partial charge in [-0.1, -0.05) is 134 Å². The van der Waals surface area contributed by atoms with Crippen molar-refractivity contribution < 1.29 is 4.79 Å².